The van der Waals surface area contributed by atoms with E-state index in [4.69, 9.17) is 4.74 Å². The highest BCUT2D eigenvalue weighted by molar-refractivity contribution is 5.91. The van der Waals surface area contributed by atoms with Crippen molar-refractivity contribution in [3.8, 4) is 5.75 Å². The van der Waals surface area contributed by atoms with Crippen molar-refractivity contribution in [1.29, 1.82) is 0 Å². The molecule has 0 unspecified atom stereocenters. The van der Waals surface area contributed by atoms with E-state index >= 15 is 0 Å². The number of nitrogens with zero attached hydrogens (tertiary/aromatic N) is 5. The third-order valence-corrected chi connectivity index (χ3v) is 5.07. The lowest BCUT2D eigenvalue weighted by Gasteiger charge is -2.24. The fourth-order valence-corrected chi connectivity index (χ4v) is 3.84. The zero-order valence-corrected chi connectivity index (χ0v) is 14.2. The highest BCUT2D eigenvalue weighted by Crippen LogP contribution is 2.32. The van der Waals surface area contributed by atoms with Crippen LogP contribution in [0.5, 0.6) is 5.75 Å². The van der Waals surface area contributed by atoms with Crippen molar-refractivity contribution < 1.29 is 9.53 Å². The third kappa shape index (κ3) is 3.19. The zero-order chi connectivity index (χ0) is 17.2. The van der Waals surface area contributed by atoms with Gasteiger partial charge in [0.15, 0.2) is 5.75 Å². The van der Waals surface area contributed by atoms with Crippen molar-refractivity contribution in [3.63, 3.8) is 0 Å². The van der Waals surface area contributed by atoms with Crippen molar-refractivity contribution in [3.05, 3.63) is 48.3 Å². The number of carbonyl (C=O) groups excluding carboxylic acids is 1. The SMILES string of the molecule is COc1cnc(C(=O)N2CC[C@H]3CN(Cc4cccnc4)C[C@H]32)nc1. The molecule has 2 fully saturated rings. The van der Waals surface area contributed by atoms with Gasteiger partial charge in [0, 0.05) is 44.6 Å². The molecule has 2 saturated heterocycles. The van der Waals surface area contributed by atoms with Gasteiger partial charge in [-0.2, -0.15) is 0 Å². The summed E-state index contributed by atoms with van der Waals surface area (Å²) in [7, 11) is 1.56. The Balaban J connectivity index is 1.43. The smallest absolute Gasteiger partial charge is 0.291 e. The molecule has 0 saturated carbocycles. The second-order valence-electron chi connectivity index (χ2n) is 6.62. The summed E-state index contributed by atoms with van der Waals surface area (Å²) >= 11 is 0. The Hall–Kier alpha value is -2.54. The maximum Gasteiger partial charge on any atom is 0.291 e. The Morgan fingerprint density at radius 2 is 2.12 bits per heavy atom. The first-order valence-electron chi connectivity index (χ1n) is 8.53. The molecule has 0 aromatic carbocycles. The van der Waals surface area contributed by atoms with E-state index < -0.39 is 0 Å². The molecule has 2 aromatic heterocycles. The normalized spacial score (nSPS) is 22.8. The minimum atomic E-state index is -0.0848. The van der Waals surface area contributed by atoms with Crippen LogP contribution in [0.15, 0.2) is 36.9 Å². The molecule has 2 aliphatic rings. The average molecular weight is 339 g/mol. The summed E-state index contributed by atoms with van der Waals surface area (Å²) in [5.41, 5.74) is 1.21. The second-order valence-corrected chi connectivity index (χ2v) is 6.62. The van der Waals surface area contributed by atoms with Gasteiger partial charge in [0.1, 0.15) is 0 Å². The van der Waals surface area contributed by atoms with Crippen LogP contribution in [0.2, 0.25) is 0 Å². The van der Waals surface area contributed by atoms with Gasteiger partial charge in [-0.05, 0) is 24.0 Å². The monoisotopic (exact) mass is 339 g/mol. The molecule has 0 spiro atoms. The van der Waals surface area contributed by atoms with Crippen molar-refractivity contribution in [2.45, 2.75) is 19.0 Å². The van der Waals surface area contributed by atoms with E-state index in [0.29, 0.717) is 11.7 Å². The lowest BCUT2D eigenvalue weighted by Crippen LogP contribution is -2.40. The van der Waals surface area contributed by atoms with Gasteiger partial charge in [-0.1, -0.05) is 6.07 Å². The van der Waals surface area contributed by atoms with Gasteiger partial charge in [-0.15, -0.1) is 0 Å². The number of carbonyl (C=O) groups is 1. The van der Waals surface area contributed by atoms with Crippen LogP contribution in [0.4, 0.5) is 0 Å². The van der Waals surface area contributed by atoms with E-state index in [1.54, 1.807) is 13.3 Å². The highest BCUT2D eigenvalue weighted by atomic mass is 16.5. The van der Waals surface area contributed by atoms with Crippen LogP contribution >= 0.6 is 0 Å². The maximum absolute atomic E-state index is 12.8. The number of likely N-dealkylation sites (tertiary alicyclic amines) is 2. The molecule has 0 aliphatic carbocycles. The Labute approximate surface area is 146 Å². The molecule has 0 N–H and O–H groups in total. The number of methoxy groups -OCH3 is 1. The number of hydrogen-bond donors (Lipinski definition) is 0. The molecule has 25 heavy (non-hydrogen) atoms. The highest BCUT2D eigenvalue weighted by Gasteiger charge is 2.43. The molecule has 2 aliphatic heterocycles. The predicted octanol–water partition coefficient (Wildman–Crippen LogP) is 1.23. The molecule has 7 heteroatoms. The van der Waals surface area contributed by atoms with Crippen LogP contribution in [0.25, 0.3) is 0 Å². The molecule has 2 atom stereocenters. The Morgan fingerprint density at radius 3 is 2.84 bits per heavy atom. The summed E-state index contributed by atoms with van der Waals surface area (Å²) in [5.74, 6) is 1.24. The number of aromatic nitrogens is 3. The number of fused-ring (bicyclic) bond motifs is 1. The molecule has 7 nitrogen and oxygen atoms in total. The average Bonchev–Trinajstić information content (AvgIpc) is 3.22. The molecular formula is C18H21N5O2. The molecule has 0 bridgehead atoms. The number of rotatable bonds is 4. The van der Waals surface area contributed by atoms with Gasteiger partial charge < -0.3 is 9.64 Å². The first-order chi connectivity index (χ1) is 12.2. The van der Waals surface area contributed by atoms with Crippen LogP contribution in [-0.4, -0.2) is 63.4 Å². The van der Waals surface area contributed by atoms with Crippen LogP contribution in [0.3, 0.4) is 0 Å². The predicted molar refractivity (Wildman–Crippen MR) is 91.0 cm³/mol. The fraction of sp³-hybridized carbons (Fsp3) is 0.444. The van der Waals surface area contributed by atoms with Gasteiger partial charge in [-0.25, -0.2) is 9.97 Å². The number of ether oxygens (including phenoxy) is 1. The number of pyridine rings is 1. The van der Waals surface area contributed by atoms with Crippen LogP contribution in [0, 0.1) is 5.92 Å². The standard InChI is InChI=1S/C18H21N5O2/c1-25-15-8-20-17(21-9-15)18(24)23-6-4-14-11-22(12-16(14)23)10-13-3-2-5-19-7-13/h2-3,5,7-9,14,16H,4,6,10-12H2,1H3/t14-,16+/m0/s1. The minimum absolute atomic E-state index is 0.0848. The number of hydrogen-bond acceptors (Lipinski definition) is 6. The van der Waals surface area contributed by atoms with E-state index in [0.717, 1.165) is 32.6 Å². The van der Waals surface area contributed by atoms with Crippen molar-refractivity contribution in [2.75, 3.05) is 26.7 Å². The summed E-state index contributed by atoms with van der Waals surface area (Å²) in [6.07, 6.45) is 7.81. The van der Waals surface area contributed by atoms with E-state index in [-0.39, 0.29) is 17.8 Å². The zero-order valence-electron chi connectivity index (χ0n) is 14.2. The molecule has 4 rings (SSSR count). The van der Waals surface area contributed by atoms with E-state index in [9.17, 15) is 4.79 Å². The van der Waals surface area contributed by atoms with Gasteiger partial charge in [0.2, 0.25) is 5.82 Å². The van der Waals surface area contributed by atoms with Gasteiger partial charge in [0.05, 0.1) is 19.5 Å². The van der Waals surface area contributed by atoms with Crippen molar-refractivity contribution in [2.24, 2.45) is 5.92 Å². The first-order valence-corrected chi connectivity index (χ1v) is 8.53. The molecule has 1 amide bonds. The van der Waals surface area contributed by atoms with E-state index in [1.165, 1.54) is 18.0 Å². The molecule has 4 heterocycles. The van der Waals surface area contributed by atoms with Crippen molar-refractivity contribution >= 4 is 5.91 Å². The fourth-order valence-electron chi connectivity index (χ4n) is 3.84. The Morgan fingerprint density at radius 1 is 1.28 bits per heavy atom. The quantitative estimate of drug-likeness (QED) is 0.834. The summed E-state index contributed by atoms with van der Waals surface area (Å²) in [4.78, 5) is 29.6. The van der Waals surface area contributed by atoms with Gasteiger partial charge >= 0.3 is 0 Å². The van der Waals surface area contributed by atoms with Crippen LogP contribution < -0.4 is 4.74 Å². The molecule has 2 aromatic rings. The third-order valence-electron chi connectivity index (χ3n) is 5.07. The van der Waals surface area contributed by atoms with E-state index in [1.807, 2.05) is 17.2 Å². The molecular weight excluding hydrogens is 318 g/mol. The second kappa shape index (κ2) is 6.76. The number of amides is 1. The summed E-state index contributed by atoms with van der Waals surface area (Å²) < 4.78 is 5.05. The molecule has 0 radical (unpaired) electrons. The van der Waals surface area contributed by atoms with Crippen LogP contribution in [0.1, 0.15) is 22.6 Å². The molecule has 130 valence electrons. The largest absolute Gasteiger partial charge is 0.494 e. The Kier molecular flexibility index (Phi) is 4.31. The summed E-state index contributed by atoms with van der Waals surface area (Å²) in [6.45, 7) is 3.57. The summed E-state index contributed by atoms with van der Waals surface area (Å²) in [5, 5.41) is 0. The lowest BCUT2D eigenvalue weighted by molar-refractivity contribution is 0.0713. The topological polar surface area (TPSA) is 71.5 Å². The van der Waals surface area contributed by atoms with Gasteiger partial charge in [-0.3, -0.25) is 14.7 Å². The maximum atomic E-state index is 12.8. The minimum Gasteiger partial charge on any atom is -0.494 e. The van der Waals surface area contributed by atoms with E-state index in [2.05, 4.69) is 25.9 Å². The van der Waals surface area contributed by atoms with Gasteiger partial charge in [0.25, 0.3) is 5.91 Å². The van der Waals surface area contributed by atoms with Crippen molar-refractivity contribution in [1.82, 2.24) is 24.8 Å². The first kappa shape index (κ1) is 16.0. The lowest BCUT2D eigenvalue weighted by atomic mass is 10.1. The Bertz CT molecular complexity index is 737. The summed E-state index contributed by atoms with van der Waals surface area (Å²) in [6, 6.07) is 4.30. The van der Waals surface area contributed by atoms with Crippen LogP contribution in [-0.2, 0) is 6.54 Å².